The molecule has 4 nitrogen and oxygen atoms in total. The number of carbonyl (C=O) groups excluding carboxylic acids is 1. The minimum absolute atomic E-state index is 0.0316. The van der Waals surface area contributed by atoms with E-state index in [-0.39, 0.29) is 12.0 Å². The van der Waals surface area contributed by atoms with E-state index in [1.807, 2.05) is 56.0 Å². The summed E-state index contributed by atoms with van der Waals surface area (Å²) in [5.74, 6) is 0.701. The van der Waals surface area contributed by atoms with Crippen molar-refractivity contribution in [1.29, 1.82) is 0 Å². The Bertz CT molecular complexity index is 686. The van der Waals surface area contributed by atoms with Crippen LogP contribution in [0.1, 0.15) is 27.2 Å². The Morgan fingerprint density at radius 1 is 1.14 bits per heavy atom. The molecule has 0 N–H and O–H groups in total. The monoisotopic (exact) mass is 296 g/mol. The van der Waals surface area contributed by atoms with Gasteiger partial charge in [-0.15, -0.1) is 0 Å². The van der Waals surface area contributed by atoms with Gasteiger partial charge in [-0.2, -0.15) is 0 Å². The Morgan fingerprint density at radius 2 is 1.82 bits per heavy atom. The van der Waals surface area contributed by atoms with Gasteiger partial charge in [-0.05, 0) is 39.0 Å². The number of aromatic nitrogens is 1. The summed E-state index contributed by atoms with van der Waals surface area (Å²) in [5, 5.41) is 0. The summed E-state index contributed by atoms with van der Waals surface area (Å²) in [5.41, 5.74) is 3.91. The van der Waals surface area contributed by atoms with Crippen LogP contribution >= 0.6 is 0 Å². The molecular formula is C18H20N2O2. The molecule has 0 atom stereocenters. The molecular weight excluding hydrogens is 276 g/mol. The normalized spacial score (nSPS) is 14.6. The number of benzene rings is 1. The van der Waals surface area contributed by atoms with Crippen LogP contribution in [0, 0.1) is 20.8 Å². The molecule has 22 heavy (non-hydrogen) atoms. The van der Waals surface area contributed by atoms with Crippen molar-refractivity contribution in [1.82, 2.24) is 9.88 Å². The molecule has 1 aliphatic rings. The van der Waals surface area contributed by atoms with Crippen molar-refractivity contribution >= 4 is 5.91 Å². The topological polar surface area (TPSA) is 42.4 Å². The molecule has 0 saturated carbocycles. The fraction of sp³-hybridized carbons (Fsp3) is 0.333. The number of rotatable bonds is 3. The zero-order valence-electron chi connectivity index (χ0n) is 13.2. The number of amides is 1. The van der Waals surface area contributed by atoms with Crippen molar-refractivity contribution in [3.63, 3.8) is 0 Å². The molecule has 0 unspecified atom stereocenters. The first kappa shape index (κ1) is 14.6. The SMILES string of the molecule is Cc1cc(C)cc(C(=O)N2CC(Oc3cccc(C)n3)C2)c1. The summed E-state index contributed by atoms with van der Waals surface area (Å²) < 4.78 is 5.79. The quantitative estimate of drug-likeness (QED) is 0.874. The highest BCUT2D eigenvalue weighted by atomic mass is 16.5. The molecule has 3 rings (SSSR count). The van der Waals surface area contributed by atoms with E-state index in [2.05, 4.69) is 11.1 Å². The molecule has 0 bridgehead atoms. The molecule has 0 radical (unpaired) electrons. The lowest BCUT2D eigenvalue weighted by Gasteiger charge is -2.38. The second-order valence-corrected chi connectivity index (χ2v) is 5.94. The van der Waals surface area contributed by atoms with Crippen LogP contribution in [0.5, 0.6) is 5.88 Å². The number of aryl methyl sites for hydroxylation is 3. The first-order chi connectivity index (χ1) is 10.5. The van der Waals surface area contributed by atoms with E-state index in [4.69, 9.17) is 4.74 Å². The highest BCUT2D eigenvalue weighted by molar-refractivity contribution is 5.95. The second kappa shape index (κ2) is 5.79. The molecule has 0 aliphatic carbocycles. The third kappa shape index (κ3) is 3.11. The maximum Gasteiger partial charge on any atom is 0.254 e. The van der Waals surface area contributed by atoms with Gasteiger partial charge in [0.05, 0.1) is 13.1 Å². The minimum atomic E-state index is 0.0316. The van der Waals surface area contributed by atoms with E-state index in [1.165, 1.54) is 0 Å². The van der Waals surface area contributed by atoms with Crippen LogP contribution < -0.4 is 4.74 Å². The number of nitrogens with zero attached hydrogens (tertiary/aromatic N) is 2. The fourth-order valence-corrected chi connectivity index (χ4v) is 2.71. The smallest absolute Gasteiger partial charge is 0.254 e. The van der Waals surface area contributed by atoms with Gasteiger partial charge in [0.2, 0.25) is 5.88 Å². The molecule has 1 fully saturated rings. The Morgan fingerprint density at radius 3 is 2.45 bits per heavy atom. The number of likely N-dealkylation sites (tertiary alicyclic amines) is 1. The molecule has 114 valence electrons. The van der Waals surface area contributed by atoms with E-state index in [0.717, 1.165) is 22.4 Å². The van der Waals surface area contributed by atoms with Crippen LogP contribution in [0.3, 0.4) is 0 Å². The molecule has 1 saturated heterocycles. The van der Waals surface area contributed by atoms with Gasteiger partial charge < -0.3 is 9.64 Å². The predicted molar refractivity (Wildman–Crippen MR) is 85.2 cm³/mol. The molecule has 0 spiro atoms. The summed E-state index contributed by atoms with van der Waals surface area (Å²) >= 11 is 0. The average Bonchev–Trinajstić information content (AvgIpc) is 2.40. The van der Waals surface area contributed by atoms with Crippen molar-refractivity contribution in [3.05, 3.63) is 58.8 Å². The van der Waals surface area contributed by atoms with Gasteiger partial charge in [0.1, 0.15) is 6.10 Å². The van der Waals surface area contributed by atoms with Crippen LogP contribution in [0.2, 0.25) is 0 Å². The highest BCUT2D eigenvalue weighted by Crippen LogP contribution is 2.20. The average molecular weight is 296 g/mol. The number of hydrogen-bond donors (Lipinski definition) is 0. The standard InChI is InChI=1S/C18H20N2O2/c1-12-7-13(2)9-15(8-12)18(21)20-10-16(11-20)22-17-6-4-5-14(3)19-17/h4-9,16H,10-11H2,1-3H3. The summed E-state index contributed by atoms with van der Waals surface area (Å²) in [6, 6.07) is 11.7. The zero-order chi connectivity index (χ0) is 15.7. The molecule has 4 heteroatoms. The summed E-state index contributed by atoms with van der Waals surface area (Å²) in [7, 11) is 0. The highest BCUT2D eigenvalue weighted by Gasteiger charge is 2.33. The van der Waals surface area contributed by atoms with Gasteiger partial charge in [-0.1, -0.05) is 23.3 Å². The third-order valence-electron chi connectivity index (χ3n) is 3.75. The maximum absolute atomic E-state index is 12.4. The third-order valence-corrected chi connectivity index (χ3v) is 3.75. The molecule has 1 aromatic carbocycles. The molecule has 1 aliphatic heterocycles. The Hall–Kier alpha value is -2.36. The van der Waals surface area contributed by atoms with Crippen LogP contribution in [0.25, 0.3) is 0 Å². The van der Waals surface area contributed by atoms with Gasteiger partial charge in [0.15, 0.2) is 0 Å². The van der Waals surface area contributed by atoms with Crippen molar-refractivity contribution in [2.24, 2.45) is 0 Å². The first-order valence-corrected chi connectivity index (χ1v) is 7.49. The Kier molecular flexibility index (Phi) is 3.84. The Labute approximate surface area is 130 Å². The summed E-state index contributed by atoms with van der Waals surface area (Å²) in [4.78, 5) is 18.6. The number of pyridine rings is 1. The van der Waals surface area contributed by atoms with E-state index in [1.54, 1.807) is 0 Å². The first-order valence-electron chi connectivity index (χ1n) is 7.49. The van der Waals surface area contributed by atoms with E-state index >= 15 is 0 Å². The van der Waals surface area contributed by atoms with Crippen molar-refractivity contribution in [2.45, 2.75) is 26.9 Å². The number of carbonyl (C=O) groups is 1. The zero-order valence-corrected chi connectivity index (χ0v) is 13.2. The molecule has 2 heterocycles. The van der Waals surface area contributed by atoms with Crippen molar-refractivity contribution in [3.8, 4) is 5.88 Å². The lowest BCUT2D eigenvalue weighted by molar-refractivity contribution is 0.0159. The van der Waals surface area contributed by atoms with E-state index < -0.39 is 0 Å². The van der Waals surface area contributed by atoms with Crippen LogP contribution in [-0.4, -0.2) is 35.0 Å². The molecule has 2 aromatic rings. The van der Waals surface area contributed by atoms with Gasteiger partial charge in [0, 0.05) is 17.3 Å². The minimum Gasteiger partial charge on any atom is -0.471 e. The fourth-order valence-electron chi connectivity index (χ4n) is 2.71. The number of ether oxygens (including phenoxy) is 1. The predicted octanol–water partition coefficient (Wildman–Crippen LogP) is 2.91. The summed E-state index contributed by atoms with van der Waals surface area (Å²) in [6.45, 7) is 7.18. The van der Waals surface area contributed by atoms with Gasteiger partial charge in [-0.3, -0.25) is 4.79 Å². The van der Waals surface area contributed by atoms with Gasteiger partial charge >= 0.3 is 0 Å². The molecule has 1 aromatic heterocycles. The maximum atomic E-state index is 12.4. The summed E-state index contributed by atoms with van der Waals surface area (Å²) in [6.07, 6.45) is 0.0316. The van der Waals surface area contributed by atoms with Gasteiger partial charge in [-0.25, -0.2) is 4.98 Å². The van der Waals surface area contributed by atoms with Crippen molar-refractivity contribution < 1.29 is 9.53 Å². The van der Waals surface area contributed by atoms with Crippen LogP contribution in [0.4, 0.5) is 0 Å². The Balaban J connectivity index is 1.60. The van der Waals surface area contributed by atoms with Gasteiger partial charge in [0.25, 0.3) is 5.91 Å². The second-order valence-electron chi connectivity index (χ2n) is 5.94. The lowest BCUT2D eigenvalue weighted by atomic mass is 10.0. The van der Waals surface area contributed by atoms with Crippen LogP contribution in [-0.2, 0) is 0 Å². The van der Waals surface area contributed by atoms with E-state index in [0.29, 0.717) is 19.0 Å². The lowest BCUT2D eigenvalue weighted by Crippen LogP contribution is -2.56. The number of hydrogen-bond acceptors (Lipinski definition) is 3. The van der Waals surface area contributed by atoms with Crippen molar-refractivity contribution in [2.75, 3.05) is 13.1 Å². The van der Waals surface area contributed by atoms with E-state index in [9.17, 15) is 4.79 Å². The van der Waals surface area contributed by atoms with Crippen LogP contribution in [0.15, 0.2) is 36.4 Å². The largest absolute Gasteiger partial charge is 0.471 e. The molecule has 1 amide bonds.